The van der Waals surface area contributed by atoms with E-state index in [1.165, 1.54) is 18.2 Å². The van der Waals surface area contributed by atoms with Gasteiger partial charge in [-0.1, -0.05) is 5.92 Å². The van der Waals surface area contributed by atoms with Crippen molar-refractivity contribution in [3.8, 4) is 11.8 Å². The molecule has 0 saturated heterocycles. The molecule has 0 radical (unpaired) electrons. The highest BCUT2D eigenvalue weighted by Crippen LogP contribution is 2.19. The molecule has 14 heavy (non-hydrogen) atoms. The molecular formula is C10H7BrFNO. The number of halogens is 2. The number of anilines is 1. The molecule has 1 aromatic rings. The minimum atomic E-state index is -0.411. The zero-order valence-electron chi connectivity index (χ0n) is 7.40. The Labute approximate surface area is 89.6 Å². The van der Waals surface area contributed by atoms with Gasteiger partial charge in [-0.05, 0) is 47.0 Å². The lowest BCUT2D eigenvalue weighted by atomic mass is 10.3. The summed E-state index contributed by atoms with van der Waals surface area (Å²) in [7, 11) is 0. The Balaban J connectivity index is 2.81. The van der Waals surface area contributed by atoms with Crippen LogP contribution in [0.5, 0.6) is 0 Å². The molecule has 0 aliphatic carbocycles. The molecule has 4 heteroatoms. The van der Waals surface area contributed by atoms with Gasteiger partial charge in [0.05, 0.1) is 4.47 Å². The van der Waals surface area contributed by atoms with E-state index in [-0.39, 0.29) is 5.82 Å². The van der Waals surface area contributed by atoms with E-state index in [0.29, 0.717) is 10.2 Å². The van der Waals surface area contributed by atoms with E-state index in [4.69, 9.17) is 0 Å². The SMILES string of the molecule is CC#CC(=O)Nc1ccc(F)c(Br)c1. The molecule has 1 aromatic carbocycles. The second kappa shape index (κ2) is 4.77. The Bertz CT molecular complexity index is 420. The van der Waals surface area contributed by atoms with Crippen molar-refractivity contribution in [2.24, 2.45) is 0 Å². The molecule has 0 bridgehead atoms. The topological polar surface area (TPSA) is 29.1 Å². The molecule has 0 aliphatic heterocycles. The quantitative estimate of drug-likeness (QED) is 0.768. The third-order valence-electron chi connectivity index (χ3n) is 1.42. The van der Waals surface area contributed by atoms with Crippen LogP contribution in [0.1, 0.15) is 6.92 Å². The van der Waals surface area contributed by atoms with Crippen LogP contribution >= 0.6 is 15.9 Å². The lowest BCUT2D eigenvalue weighted by molar-refractivity contribution is -0.111. The number of benzene rings is 1. The van der Waals surface area contributed by atoms with Crippen molar-refractivity contribution in [1.29, 1.82) is 0 Å². The molecule has 0 aliphatic rings. The van der Waals surface area contributed by atoms with Gasteiger partial charge in [-0.3, -0.25) is 4.79 Å². The first-order chi connectivity index (χ1) is 6.63. The fraction of sp³-hybridized carbons (Fsp3) is 0.100. The van der Waals surface area contributed by atoms with Gasteiger partial charge in [0.2, 0.25) is 0 Å². The van der Waals surface area contributed by atoms with Gasteiger partial charge in [0.25, 0.3) is 5.91 Å². The van der Waals surface area contributed by atoms with Gasteiger partial charge < -0.3 is 5.32 Å². The lowest BCUT2D eigenvalue weighted by Crippen LogP contribution is -2.08. The third-order valence-corrected chi connectivity index (χ3v) is 2.02. The summed E-state index contributed by atoms with van der Waals surface area (Å²) in [5.41, 5.74) is 0.506. The van der Waals surface area contributed by atoms with Gasteiger partial charge in [0.15, 0.2) is 0 Å². The first-order valence-corrected chi connectivity index (χ1v) is 4.61. The zero-order valence-corrected chi connectivity index (χ0v) is 8.98. The van der Waals surface area contributed by atoms with Crippen molar-refractivity contribution in [1.82, 2.24) is 0 Å². The number of carbonyl (C=O) groups excluding carboxylic acids is 1. The van der Waals surface area contributed by atoms with Crippen LogP contribution in [0.15, 0.2) is 22.7 Å². The van der Waals surface area contributed by atoms with Gasteiger partial charge in [-0.15, -0.1) is 0 Å². The summed E-state index contributed by atoms with van der Waals surface area (Å²) in [5, 5.41) is 2.50. The first kappa shape index (κ1) is 10.7. The predicted octanol–water partition coefficient (Wildman–Crippen LogP) is 2.55. The van der Waals surface area contributed by atoms with Gasteiger partial charge in [0, 0.05) is 5.69 Å². The summed E-state index contributed by atoms with van der Waals surface area (Å²) < 4.78 is 13.1. The van der Waals surface area contributed by atoms with E-state index in [1.807, 2.05) is 0 Å². The molecule has 0 fully saturated rings. The van der Waals surface area contributed by atoms with Crippen LogP contribution in [0.2, 0.25) is 0 Å². The predicted molar refractivity (Wildman–Crippen MR) is 56.2 cm³/mol. The number of carbonyl (C=O) groups is 1. The maximum atomic E-state index is 12.8. The second-order valence-electron chi connectivity index (χ2n) is 2.46. The Kier molecular flexibility index (Phi) is 3.66. The summed E-state index contributed by atoms with van der Waals surface area (Å²) in [6, 6.07) is 4.21. The summed E-state index contributed by atoms with van der Waals surface area (Å²) >= 11 is 3.01. The molecule has 0 unspecified atom stereocenters. The van der Waals surface area contributed by atoms with Gasteiger partial charge in [-0.2, -0.15) is 0 Å². The summed E-state index contributed by atoms with van der Waals surface area (Å²) in [5.74, 6) is 4.00. The molecule has 0 spiro atoms. The van der Waals surface area contributed by atoms with E-state index < -0.39 is 5.91 Å². The van der Waals surface area contributed by atoms with Gasteiger partial charge in [-0.25, -0.2) is 4.39 Å². The molecule has 0 saturated carbocycles. The smallest absolute Gasteiger partial charge is 0.300 e. The van der Waals surface area contributed by atoms with E-state index >= 15 is 0 Å². The highest BCUT2D eigenvalue weighted by Gasteiger charge is 2.02. The number of hydrogen-bond donors (Lipinski definition) is 1. The van der Waals surface area contributed by atoms with Gasteiger partial charge >= 0.3 is 0 Å². The fourth-order valence-corrected chi connectivity index (χ4v) is 1.23. The van der Waals surface area contributed by atoms with Crippen LogP contribution in [-0.2, 0) is 4.79 Å². The standard InChI is InChI=1S/C10H7BrFNO/c1-2-3-10(14)13-7-4-5-9(12)8(11)6-7/h4-6H,1H3,(H,13,14). The van der Waals surface area contributed by atoms with E-state index in [0.717, 1.165) is 0 Å². The molecule has 0 heterocycles. The number of hydrogen-bond acceptors (Lipinski definition) is 1. The lowest BCUT2D eigenvalue weighted by Gasteiger charge is -2.01. The van der Waals surface area contributed by atoms with Crippen molar-refractivity contribution in [2.75, 3.05) is 5.32 Å². The number of rotatable bonds is 1. The minimum absolute atomic E-state index is 0.305. The van der Waals surface area contributed by atoms with Crippen LogP contribution < -0.4 is 5.32 Å². The first-order valence-electron chi connectivity index (χ1n) is 3.82. The maximum absolute atomic E-state index is 12.8. The van der Waals surface area contributed by atoms with Crippen LogP contribution in [0, 0.1) is 17.7 Å². The van der Waals surface area contributed by atoms with Crippen molar-refractivity contribution in [3.63, 3.8) is 0 Å². The zero-order chi connectivity index (χ0) is 10.6. The van der Waals surface area contributed by atoms with Crippen molar-refractivity contribution < 1.29 is 9.18 Å². The molecule has 72 valence electrons. The molecule has 1 N–H and O–H groups in total. The Morgan fingerprint density at radius 2 is 2.29 bits per heavy atom. The minimum Gasteiger partial charge on any atom is -0.315 e. The van der Waals surface area contributed by atoms with E-state index in [2.05, 4.69) is 33.1 Å². The summed E-state index contributed by atoms with van der Waals surface area (Å²) in [4.78, 5) is 11.0. The third kappa shape index (κ3) is 2.86. The highest BCUT2D eigenvalue weighted by atomic mass is 79.9. The van der Waals surface area contributed by atoms with Crippen LogP contribution in [0.25, 0.3) is 0 Å². The van der Waals surface area contributed by atoms with Gasteiger partial charge in [0.1, 0.15) is 5.82 Å². The second-order valence-corrected chi connectivity index (χ2v) is 3.31. The van der Waals surface area contributed by atoms with E-state index in [1.54, 1.807) is 6.92 Å². The summed E-state index contributed by atoms with van der Waals surface area (Å²) in [6.45, 7) is 1.57. The Hall–Kier alpha value is -1.34. The average molecular weight is 256 g/mol. The summed E-state index contributed by atoms with van der Waals surface area (Å²) in [6.07, 6.45) is 0. The maximum Gasteiger partial charge on any atom is 0.300 e. The average Bonchev–Trinajstić information content (AvgIpc) is 2.12. The highest BCUT2D eigenvalue weighted by molar-refractivity contribution is 9.10. The molecule has 1 amide bonds. The Morgan fingerprint density at radius 3 is 2.86 bits per heavy atom. The van der Waals surface area contributed by atoms with Crippen molar-refractivity contribution >= 4 is 27.5 Å². The fourth-order valence-electron chi connectivity index (χ4n) is 0.850. The van der Waals surface area contributed by atoms with Crippen LogP contribution in [0.3, 0.4) is 0 Å². The molecule has 2 nitrogen and oxygen atoms in total. The number of amides is 1. The monoisotopic (exact) mass is 255 g/mol. The van der Waals surface area contributed by atoms with Crippen LogP contribution in [-0.4, -0.2) is 5.91 Å². The van der Waals surface area contributed by atoms with Crippen LogP contribution in [0.4, 0.5) is 10.1 Å². The Morgan fingerprint density at radius 1 is 1.57 bits per heavy atom. The number of nitrogens with one attached hydrogen (secondary N) is 1. The molecule has 1 rings (SSSR count). The van der Waals surface area contributed by atoms with E-state index in [9.17, 15) is 9.18 Å². The largest absolute Gasteiger partial charge is 0.315 e. The normalized spacial score (nSPS) is 8.79. The van der Waals surface area contributed by atoms with Crippen molar-refractivity contribution in [2.45, 2.75) is 6.92 Å². The molecule has 0 aromatic heterocycles. The molecule has 0 atom stereocenters. The van der Waals surface area contributed by atoms with Crippen molar-refractivity contribution in [3.05, 3.63) is 28.5 Å². The molecular weight excluding hydrogens is 249 g/mol.